The van der Waals surface area contributed by atoms with E-state index in [1.54, 1.807) is 27.0 Å². The number of hydrogen-bond donors (Lipinski definition) is 1. The number of methoxy groups -OCH3 is 1. The molecule has 1 aromatic heterocycles. The largest absolute Gasteiger partial charge is 0.493 e. The second-order valence-corrected chi connectivity index (χ2v) is 7.68. The highest BCUT2D eigenvalue weighted by Gasteiger charge is 2.20. The maximum Gasteiger partial charge on any atom is 0.339 e. The van der Waals surface area contributed by atoms with Gasteiger partial charge in [0.1, 0.15) is 5.69 Å². The quantitative estimate of drug-likeness (QED) is 0.630. The van der Waals surface area contributed by atoms with E-state index < -0.39 is 5.97 Å². The van der Waals surface area contributed by atoms with Crippen LogP contribution in [0.2, 0.25) is 0 Å². The van der Waals surface area contributed by atoms with E-state index in [9.17, 15) is 9.59 Å². The molecule has 1 amide bonds. The molecule has 7 heteroatoms. The molecule has 1 aliphatic rings. The standard InChI is InChI=1S/C24H30N2O5/c1-5-30-24(28)19-11-12-20(25-16(19)3)23(27)26-15(2)17-10-13-21(22(14-17)29-4)31-18-8-6-7-9-18/h10-15,18H,5-9H2,1-4H3,(H,26,27). The van der Waals surface area contributed by atoms with Gasteiger partial charge < -0.3 is 19.5 Å². The van der Waals surface area contributed by atoms with E-state index in [4.69, 9.17) is 14.2 Å². The lowest BCUT2D eigenvalue weighted by molar-refractivity contribution is 0.0524. The van der Waals surface area contributed by atoms with Gasteiger partial charge in [-0.15, -0.1) is 0 Å². The number of pyridine rings is 1. The third-order valence-corrected chi connectivity index (χ3v) is 5.44. The predicted octanol–water partition coefficient (Wildman–Crippen LogP) is 4.39. The Morgan fingerprint density at radius 1 is 1.16 bits per heavy atom. The summed E-state index contributed by atoms with van der Waals surface area (Å²) in [6.45, 7) is 5.60. The Morgan fingerprint density at radius 2 is 1.90 bits per heavy atom. The summed E-state index contributed by atoms with van der Waals surface area (Å²) in [5.74, 6) is 0.609. The molecule has 1 atom stereocenters. The van der Waals surface area contributed by atoms with Gasteiger partial charge >= 0.3 is 5.97 Å². The van der Waals surface area contributed by atoms with Crippen LogP contribution in [0.3, 0.4) is 0 Å². The minimum Gasteiger partial charge on any atom is -0.493 e. The number of hydrogen-bond acceptors (Lipinski definition) is 6. The normalized spacial score (nSPS) is 14.7. The van der Waals surface area contributed by atoms with Crippen LogP contribution in [0.1, 0.15) is 77.7 Å². The van der Waals surface area contributed by atoms with Gasteiger partial charge in [-0.05, 0) is 76.3 Å². The van der Waals surface area contributed by atoms with Gasteiger partial charge in [-0.2, -0.15) is 0 Å². The first-order valence-electron chi connectivity index (χ1n) is 10.7. The molecule has 7 nitrogen and oxygen atoms in total. The third-order valence-electron chi connectivity index (χ3n) is 5.44. The van der Waals surface area contributed by atoms with E-state index in [1.807, 2.05) is 25.1 Å². The molecular formula is C24H30N2O5. The number of esters is 1. The van der Waals surface area contributed by atoms with Crippen LogP contribution >= 0.6 is 0 Å². The van der Waals surface area contributed by atoms with Crippen molar-refractivity contribution < 1.29 is 23.8 Å². The molecule has 3 rings (SSSR count). The van der Waals surface area contributed by atoms with Gasteiger partial charge in [0.2, 0.25) is 0 Å². The van der Waals surface area contributed by atoms with Crippen LogP contribution in [-0.2, 0) is 4.74 Å². The second-order valence-electron chi connectivity index (χ2n) is 7.68. The van der Waals surface area contributed by atoms with E-state index in [-0.39, 0.29) is 30.4 Å². The summed E-state index contributed by atoms with van der Waals surface area (Å²) in [7, 11) is 1.61. The Kier molecular flexibility index (Phi) is 7.50. The van der Waals surface area contributed by atoms with Crippen molar-refractivity contribution in [1.29, 1.82) is 0 Å². The lowest BCUT2D eigenvalue weighted by Gasteiger charge is -2.19. The van der Waals surface area contributed by atoms with Crippen LogP contribution in [0.25, 0.3) is 0 Å². The number of aromatic nitrogens is 1. The molecule has 0 spiro atoms. The number of nitrogens with zero attached hydrogens (tertiary/aromatic N) is 1. The fraction of sp³-hybridized carbons (Fsp3) is 0.458. The smallest absolute Gasteiger partial charge is 0.339 e. The van der Waals surface area contributed by atoms with Gasteiger partial charge in [-0.25, -0.2) is 9.78 Å². The van der Waals surface area contributed by atoms with Gasteiger partial charge in [0, 0.05) is 0 Å². The molecule has 1 heterocycles. The van der Waals surface area contributed by atoms with E-state index in [0.29, 0.717) is 17.0 Å². The zero-order valence-corrected chi connectivity index (χ0v) is 18.6. The molecule has 0 bridgehead atoms. The molecule has 0 radical (unpaired) electrons. The fourth-order valence-electron chi connectivity index (χ4n) is 3.70. The molecule has 31 heavy (non-hydrogen) atoms. The van der Waals surface area contributed by atoms with Crippen molar-refractivity contribution in [1.82, 2.24) is 10.3 Å². The summed E-state index contributed by atoms with van der Waals surface area (Å²) >= 11 is 0. The number of amides is 1. The van der Waals surface area contributed by atoms with Crippen LogP contribution in [0.15, 0.2) is 30.3 Å². The predicted molar refractivity (Wildman–Crippen MR) is 117 cm³/mol. The van der Waals surface area contributed by atoms with Crippen LogP contribution in [-0.4, -0.2) is 36.7 Å². The Labute approximate surface area is 183 Å². The average Bonchev–Trinajstić information content (AvgIpc) is 3.27. The summed E-state index contributed by atoms with van der Waals surface area (Å²) in [6, 6.07) is 8.54. The van der Waals surface area contributed by atoms with Gasteiger partial charge in [0.05, 0.1) is 37.1 Å². The van der Waals surface area contributed by atoms with Crippen LogP contribution in [0, 0.1) is 6.92 Å². The van der Waals surface area contributed by atoms with Gasteiger partial charge in [-0.1, -0.05) is 6.07 Å². The highest BCUT2D eigenvalue weighted by atomic mass is 16.5. The van der Waals surface area contributed by atoms with Gasteiger partial charge in [0.15, 0.2) is 11.5 Å². The number of benzene rings is 1. The lowest BCUT2D eigenvalue weighted by Crippen LogP contribution is -2.28. The zero-order valence-electron chi connectivity index (χ0n) is 18.6. The monoisotopic (exact) mass is 426 g/mol. The molecule has 1 fully saturated rings. The number of ether oxygens (including phenoxy) is 3. The summed E-state index contributed by atoms with van der Waals surface area (Å²) < 4.78 is 16.6. The summed E-state index contributed by atoms with van der Waals surface area (Å²) in [5.41, 5.74) is 1.94. The molecular weight excluding hydrogens is 396 g/mol. The van der Waals surface area contributed by atoms with Crippen molar-refractivity contribution in [3.63, 3.8) is 0 Å². The Morgan fingerprint density at radius 3 is 2.55 bits per heavy atom. The summed E-state index contributed by atoms with van der Waals surface area (Å²) in [4.78, 5) is 28.9. The molecule has 1 aliphatic carbocycles. The highest BCUT2D eigenvalue weighted by molar-refractivity contribution is 5.95. The molecule has 166 valence electrons. The lowest BCUT2D eigenvalue weighted by atomic mass is 10.1. The molecule has 1 saturated carbocycles. The Bertz CT molecular complexity index is 938. The Balaban J connectivity index is 1.69. The molecule has 0 saturated heterocycles. The van der Waals surface area contributed by atoms with Crippen molar-refractivity contribution in [2.45, 2.75) is 58.6 Å². The molecule has 2 aromatic rings. The van der Waals surface area contributed by atoms with Crippen molar-refractivity contribution >= 4 is 11.9 Å². The van der Waals surface area contributed by atoms with E-state index >= 15 is 0 Å². The van der Waals surface area contributed by atoms with Crippen LogP contribution < -0.4 is 14.8 Å². The number of aryl methyl sites for hydroxylation is 1. The number of nitrogens with one attached hydrogen (secondary N) is 1. The van der Waals surface area contributed by atoms with Gasteiger partial charge in [0.25, 0.3) is 5.91 Å². The van der Waals surface area contributed by atoms with E-state index in [2.05, 4.69) is 10.3 Å². The first-order valence-corrected chi connectivity index (χ1v) is 10.7. The topological polar surface area (TPSA) is 86.8 Å². The average molecular weight is 427 g/mol. The molecule has 0 aliphatic heterocycles. The summed E-state index contributed by atoms with van der Waals surface area (Å²) in [6.07, 6.45) is 4.77. The van der Waals surface area contributed by atoms with Crippen molar-refractivity contribution in [2.24, 2.45) is 0 Å². The van der Waals surface area contributed by atoms with Crippen LogP contribution in [0.4, 0.5) is 0 Å². The Hall–Kier alpha value is -3.09. The van der Waals surface area contributed by atoms with Crippen molar-refractivity contribution in [2.75, 3.05) is 13.7 Å². The maximum atomic E-state index is 12.7. The first-order chi connectivity index (χ1) is 14.9. The van der Waals surface area contributed by atoms with Crippen molar-refractivity contribution in [3.05, 3.63) is 52.8 Å². The van der Waals surface area contributed by atoms with Crippen molar-refractivity contribution in [3.8, 4) is 11.5 Å². The minimum atomic E-state index is -0.445. The van der Waals surface area contributed by atoms with Crippen LogP contribution in [0.5, 0.6) is 11.5 Å². The summed E-state index contributed by atoms with van der Waals surface area (Å²) in [5, 5.41) is 2.94. The fourth-order valence-corrected chi connectivity index (χ4v) is 3.70. The molecule has 1 unspecified atom stereocenters. The maximum absolute atomic E-state index is 12.7. The number of carbonyl (C=O) groups is 2. The van der Waals surface area contributed by atoms with Gasteiger partial charge in [-0.3, -0.25) is 4.79 Å². The third kappa shape index (κ3) is 5.54. The number of carbonyl (C=O) groups excluding carboxylic acids is 2. The van der Waals surface area contributed by atoms with E-state index in [1.165, 1.54) is 18.9 Å². The first kappa shape index (κ1) is 22.6. The van der Waals surface area contributed by atoms with E-state index in [0.717, 1.165) is 24.2 Å². The molecule has 1 aromatic carbocycles. The second kappa shape index (κ2) is 10.3. The molecule has 1 N–H and O–H groups in total. The SMILES string of the molecule is CCOC(=O)c1ccc(C(=O)NC(C)c2ccc(OC3CCCC3)c(OC)c2)nc1C. The minimum absolute atomic E-state index is 0.240. The highest BCUT2D eigenvalue weighted by Crippen LogP contribution is 2.33. The number of rotatable bonds is 8. The zero-order chi connectivity index (χ0) is 22.4.